The van der Waals surface area contributed by atoms with Crippen molar-refractivity contribution in [3.8, 4) is 0 Å². The van der Waals surface area contributed by atoms with Crippen molar-refractivity contribution in [2.24, 2.45) is 0 Å². The van der Waals surface area contributed by atoms with Gasteiger partial charge in [0.15, 0.2) is 5.65 Å². The van der Waals surface area contributed by atoms with Crippen LogP contribution in [0, 0.1) is 5.39 Å². The number of nitrogens with zero attached hydrogens (tertiary/aromatic N) is 4. The number of hydrogen-bond donors (Lipinski definition) is 1. The lowest BCUT2D eigenvalue weighted by molar-refractivity contribution is 1.10. The zero-order chi connectivity index (χ0) is 7.68. The molecule has 1 N–H and O–H groups in total. The Morgan fingerprint density at radius 3 is 3.27 bits per heavy atom. The second kappa shape index (κ2) is 2.02. The summed E-state index contributed by atoms with van der Waals surface area (Å²) >= 11 is 0. The Labute approximate surface area is 61.7 Å². The van der Waals surface area contributed by atoms with Crippen LogP contribution in [0.4, 0.5) is 5.82 Å². The molecule has 0 bridgehead atoms. The van der Waals surface area contributed by atoms with E-state index in [0.717, 1.165) is 5.39 Å². The van der Waals surface area contributed by atoms with Crippen molar-refractivity contribution >= 4 is 16.9 Å². The SMILES string of the molecule is N#[N+]c1n[nH]c2ncccc12. The van der Waals surface area contributed by atoms with E-state index in [9.17, 15) is 0 Å². The molecule has 5 nitrogen and oxygen atoms in total. The molecule has 0 aliphatic carbocycles. The van der Waals surface area contributed by atoms with E-state index in [-0.39, 0.29) is 5.82 Å². The first kappa shape index (κ1) is 5.80. The van der Waals surface area contributed by atoms with Gasteiger partial charge < -0.3 is 0 Å². The average Bonchev–Trinajstić information content (AvgIpc) is 2.47. The van der Waals surface area contributed by atoms with Gasteiger partial charge in [-0.05, 0) is 12.1 Å². The maximum atomic E-state index is 8.44. The van der Waals surface area contributed by atoms with Crippen molar-refractivity contribution in [3.63, 3.8) is 0 Å². The van der Waals surface area contributed by atoms with Gasteiger partial charge in [0.1, 0.15) is 5.39 Å². The molecule has 52 valence electrons. The zero-order valence-electron chi connectivity index (χ0n) is 5.52. The Hall–Kier alpha value is -1.96. The standard InChI is InChI=1S/C6H4N5/c7-9-6-4-2-1-3-8-5(4)10-11-6/h1-3H,(H,8,10,11)/q+1. The Kier molecular flexibility index (Phi) is 1.07. The molecule has 0 aromatic carbocycles. The summed E-state index contributed by atoms with van der Waals surface area (Å²) in [5.74, 6) is 0.271. The molecule has 2 heterocycles. The summed E-state index contributed by atoms with van der Waals surface area (Å²) in [5.41, 5.74) is 0.625. The molecule has 0 saturated carbocycles. The molecular weight excluding hydrogens is 142 g/mol. The predicted octanol–water partition coefficient (Wildman–Crippen LogP) is 1.44. The number of hydrogen-bond acceptors (Lipinski definition) is 3. The molecule has 0 atom stereocenters. The molecule has 0 radical (unpaired) electrons. The van der Waals surface area contributed by atoms with Gasteiger partial charge in [-0.2, -0.15) is 5.10 Å². The lowest BCUT2D eigenvalue weighted by Gasteiger charge is -1.78. The highest BCUT2D eigenvalue weighted by Gasteiger charge is 2.15. The predicted molar refractivity (Wildman–Crippen MR) is 38.6 cm³/mol. The Morgan fingerprint density at radius 2 is 2.45 bits per heavy atom. The summed E-state index contributed by atoms with van der Waals surface area (Å²) in [5, 5.41) is 15.5. The van der Waals surface area contributed by atoms with E-state index in [1.807, 2.05) is 0 Å². The number of aromatic nitrogens is 3. The zero-order valence-corrected chi connectivity index (χ0v) is 5.52. The minimum absolute atomic E-state index is 0.271. The first-order chi connectivity index (χ1) is 5.42. The summed E-state index contributed by atoms with van der Waals surface area (Å²) in [6, 6.07) is 3.54. The number of aromatic amines is 1. The van der Waals surface area contributed by atoms with Gasteiger partial charge in [0.2, 0.25) is 0 Å². The van der Waals surface area contributed by atoms with E-state index in [1.165, 1.54) is 0 Å². The largest absolute Gasteiger partial charge is 0.497 e. The number of rotatable bonds is 0. The maximum absolute atomic E-state index is 8.44. The third kappa shape index (κ3) is 0.730. The summed E-state index contributed by atoms with van der Waals surface area (Å²) in [6.07, 6.45) is 1.64. The van der Waals surface area contributed by atoms with Gasteiger partial charge in [-0.3, -0.25) is 0 Å². The topological polar surface area (TPSA) is 69.7 Å². The van der Waals surface area contributed by atoms with Gasteiger partial charge in [-0.25, -0.2) is 4.98 Å². The van der Waals surface area contributed by atoms with Crippen molar-refractivity contribution in [1.82, 2.24) is 15.2 Å². The van der Waals surface area contributed by atoms with E-state index >= 15 is 0 Å². The average molecular weight is 146 g/mol. The quantitative estimate of drug-likeness (QED) is 0.571. The first-order valence-corrected chi connectivity index (χ1v) is 3.06. The van der Waals surface area contributed by atoms with Crippen molar-refractivity contribution in [3.05, 3.63) is 23.3 Å². The highest BCUT2D eigenvalue weighted by molar-refractivity contribution is 5.86. The van der Waals surface area contributed by atoms with E-state index in [1.54, 1.807) is 18.3 Å². The molecule has 0 saturated heterocycles. The highest BCUT2D eigenvalue weighted by Crippen LogP contribution is 2.19. The molecule has 0 spiro atoms. The third-order valence-corrected chi connectivity index (χ3v) is 1.41. The molecule has 5 heteroatoms. The normalized spacial score (nSPS) is 9.73. The fourth-order valence-electron chi connectivity index (χ4n) is 0.917. The summed E-state index contributed by atoms with van der Waals surface area (Å²) < 4.78 is 0. The van der Waals surface area contributed by atoms with E-state index < -0.39 is 0 Å². The molecule has 2 aromatic heterocycles. The van der Waals surface area contributed by atoms with Crippen LogP contribution in [0.25, 0.3) is 16.0 Å². The van der Waals surface area contributed by atoms with E-state index in [0.29, 0.717) is 5.65 Å². The van der Waals surface area contributed by atoms with Crippen molar-refractivity contribution < 1.29 is 0 Å². The van der Waals surface area contributed by atoms with Crippen molar-refractivity contribution in [2.75, 3.05) is 0 Å². The van der Waals surface area contributed by atoms with Gasteiger partial charge in [0, 0.05) is 11.2 Å². The van der Waals surface area contributed by atoms with Crippen LogP contribution in [0.2, 0.25) is 0 Å². The molecule has 0 aliphatic heterocycles. The summed E-state index contributed by atoms with van der Waals surface area (Å²) in [4.78, 5) is 6.94. The summed E-state index contributed by atoms with van der Waals surface area (Å²) in [6.45, 7) is 0. The van der Waals surface area contributed by atoms with Gasteiger partial charge in [0.25, 0.3) is 0 Å². The Bertz CT molecular complexity index is 424. The molecule has 0 unspecified atom stereocenters. The van der Waals surface area contributed by atoms with Crippen LogP contribution in [-0.4, -0.2) is 15.2 Å². The minimum Gasteiger partial charge on any atom is -0.235 e. The Morgan fingerprint density at radius 1 is 1.55 bits per heavy atom. The van der Waals surface area contributed by atoms with Gasteiger partial charge in [-0.15, -0.1) is 0 Å². The van der Waals surface area contributed by atoms with Crippen molar-refractivity contribution in [1.29, 1.82) is 5.39 Å². The monoisotopic (exact) mass is 146 g/mol. The number of H-pyrrole nitrogens is 1. The maximum Gasteiger partial charge on any atom is 0.497 e. The lowest BCUT2D eigenvalue weighted by atomic mass is 10.3. The molecule has 0 aliphatic rings. The van der Waals surface area contributed by atoms with E-state index in [2.05, 4.69) is 20.2 Å². The molecule has 11 heavy (non-hydrogen) atoms. The fourth-order valence-corrected chi connectivity index (χ4v) is 0.917. The number of nitrogens with one attached hydrogen (secondary N) is 1. The van der Waals surface area contributed by atoms with Gasteiger partial charge in [-0.1, -0.05) is 0 Å². The fraction of sp³-hybridized carbons (Fsp3) is 0. The van der Waals surface area contributed by atoms with Crippen LogP contribution in [0.5, 0.6) is 0 Å². The summed E-state index contributed by atoms with van der Waals surface area (Å²) in [7, 11) is 0. The highest BCUT2D eigenvalue weighted by atomic mass is 15.2. The van der Waals surface area contributed by atoms with Crippen LogP contribution in [-0.2, 0) is 0 Å². The number of fused-ring (bicyclic) bond motifs is 1. The number of diazo groups is 1. The number of pyridine rings is 1. The Balaban J connectivity index is 2.89. The molecule has 2 rings (SSSR count). The minimum atomic E-state index is 0.271. The lowest BCUT2D eigenvalue weighted by Crippen LogP contribution is -1.71. The molecular formula is C6H4N5+. The second-order valence-electron chi connectivity index (χ2n) is 2.05. The molecule has 2 aromatic rings. The van der Waals surface area contributed by atoms with Crippen LogP contribution in [0.1, 0.15) is 0 Å². The van der Waals surface area contributed by atoms with Gasteiger partial charge >= 0.3 is 5.82 Å². The van der Waals surface area contributed by atoms with Crippen molar-refractivity contribution in [2.45, 2.75) is 0 Å². The van der Waals surface area contributed by atoms with E-state index in [4.69, 9.17) is 5.39 Å². The van der Waals surface area contributed by atoms with Gasteiger partial charge in [0.05, 0.1) is 10.5 Å². The third-order valence-electron chi connectivity index (χ3n) is 1.41. The second-order valence-corrected chi connectivity index (χ2v) is 2.05. The first-order valence-electron chi connectivity index (χ1n) is 3.06. The van der Waals surface area contributed by atoms with Crippen LogP contribution in [0.15, 0.2) is 18.3 Å². The molecule has 0 amide bonds. The van der Waals surface area contributed by atoms with Crippen LogP contribution >= 0.6 is 0 Å². The van der Waals surface area contributed by atoms with Crippen LogP contribution in [0.3, 0.4) is 0 Å². The van der Waals surface area contributed by atoms with Crippen LogP contribution < -0.4 is 0 Å². The molecule has 0 fully saturated rings. The smallest absolute Gasteiger partial charge is 0.235 e.